The van der Waals surface area contributed by atoms with E-state index in [0.29, 0.717) is 5.92 Å². The van der Waals surface area contributed by atoms with E-state index in [1.165, 1.54) is 11.3 Å². The number of nitrogens with zero attached hydrogens (tertiary/aromatic N) is 1. The molecule has 0 aliphatic carbocycles. The van der Waals surface area contributed by atoms with Crippen LogP contribution >= 0.6 is 0 Å². The summed E-state index contributed by atoms with van der Waals surface area (Å²) in [6, 6.07) is 8.38. The Hall–Kier alpha value is -1.51. The van der Waals surface area contributed by atoms with Gasteiger partial charge in [0.1, 0.15) is 0 Å². The summed E-state index contributed by atoms with van der Waals surface area (Å²) in [6.07, 6.45) is 2.13. The second-order valence-electron chi connectivity index (χ2n) is 4.63. The topological polar surface area (TPSA) is 40.5 Å². The van der Waals surface area contributed by atoms with Crippen LogP contribution in [0.2, 0.25) is 0 Å². The fourth-order valence-electron chi connectivity index (χ4n) is 2.61. The molecule has 0 aromatic heterocycles. The quantitative estimate of drug-likeness (QED) is 0.850. The molecule has 0 radical (unpaired) electrons. The van der Waals surface area contributed by atoms with Crippen molar-refractivity contribution in [2.45, 2.75) is 32.1 Å². The van der Waals surface area contributed by atoms with Gasteiger partial charge in [-0.15, -0.1) is 0 Å². The number of carboxylic acid groups (broad SMARTS) is 1. The normalized spacial score (nSPS) is 18.2. The molecule has 1 aliphatic heterocycles. The molecule has 3 heteroatoms. The summed E-state index contributed by atoms with van der Waals surface area (Å²) in [7, 11) is 0. The number of carboxylic acids is 1. The predicted molar refractivity (Wildman–Crippen MR) is 68.6 cm³/mol. The fourth-order valence-corrected chi connectivity index (χ4v) is 2.61. The number of fused-ring (bicyclic) bond motifs is 1. The molecule has 1 aliphatic rings. The van der Waals surface area contributed by atoms with E-state index in [1.54, 1.807) is 0 Å². The Kier molecular flexibility index (Phi) is 3.67. The van der Waals surface area contributed by atoms with Crippen LogP contribution in [0.5, 0.6) is 0 Å². The summed E-state index contributed by atoms with van der Waals surface area (Å²) in [5.41, 5.74) is 2.62. The minimum absolute atomic E-state index is 0.263. The van der Waals surface area contributed by atoms with Gasteiger partial charge in [-0.25, -0.2) is 0 Å². The van der Waals surface area contributed by atoms with Crippen molar-refractivity contribution < 1.29 is 9.90 Å². The van der Waals surface area contributed by atoms with Crippen molar-refractivity contribution in [3.05, 3.63) is 29.8 Å². The van der Waals surface area contributed by atoms with Crippen LogP contribution in [0, 0.1) is 0 Å². The van der Waals surface area contributed by atoms with Gasteiger partial charge >= 0.3 is 5.97 Å². The van der Waals surface area contributed by atoms with Gasteiger partial charge in [0.2, 0.25) is 0 Å². The summed E-state index contributed by atoms with van der Waals surface area (Å²) in [6.45, 7) is 4.20. The molecule has 0 saturated carbocycles. The second kappa shape index (κ2) is 5.21. The number of rotatable bonds is 5. The minimum atomic E-state index is -0.698. The second-order valence-corrected chi connectivity index (χ2v) is 4.63. The molecule has 2 rings (SSSR count). The lowest BCUT2D eigenvalue weighted by Gasteiger charge is -2.18. The Bertz CT molecular complexity index is 403. The molecular weight excluding hydrogens is 214 g/mol. The summed E-state index contributed by atoms with van der Waals surface area (Å²) in [5.74, 6) is -0.315. The maximum Gasteiger partial charge on any atom is 0.303 e. The van der Waals surface area contributed by atoms with Crippen molar-refractivity contribution in [2.24, 2.45) is 0 Å². The van der Waals surface area contributed by atoms with Gasteiger partial charge in [-0.3, -0.25) is 4.79 Å². The highest BCUT2D eigenvalue weighted by atomic mass is 16.4. The van der Waals surface area contributed by atoms with Crippen molar-refractivity contribution in [1.29, 1.82) is 0 Å². The number of hydrogen-bond acceptors (Lipinski definition) is 2. The van der Waals surface area contributed by atoms with E-state index < -0.39 is 5.97 Å². The van der Waals surface area contributed by atoms with Crippen LogP contribution in [0.25, 0.3) is 0 Å². The molecule has 0 bridgehead atoms. The summed E-state index contributed by atoms with van der Waals surface area (Å²) < 4.78 is 0. The molecule has 92 valence electrons. The van der Waals surface area contributed by atoms with Crippen LogP contribution in [-0.2, 0) is 4.79 Å². The zero-order valence-corrected chi connectivity index (χ0v) is 10.2. The van der Waals surface area contributed by atoms with Gasteiger partial charge in [0.15, 0.2) is 0 Å². The molecular formula is C14H19NO2. The average molecular weight is 233 g/mol. The van der Waals surface area contributed by atoms with E-state index in [2.05, 4.69) is 30.0 Å². The molecule has 1 N–H and O–H groups in total. The van der Waals surface area contributed by atoms with Gasteiger partial charge in [-0.1, -0.05) is 25.1 Å². The highest BCUT2D eigenvalue weighted by Gasteiger charge is 2.27. The molecule has 0 spiro atoms. The highest BCUT2D eigenvalue weighted by Crippen LogP contribution is 2.38. The number of carbonyl (C=O) groups is 1. The third kappa shape index (κ3) is 2.60. The SMILES string of the molecule is CCCN1CC(CCC(=O)O)c2ccccc21. The van der Waals surface area contributed by atoms with Crippen LogP contribution in [0.3, 0.4) is 0 Å². The molecule has 17 heavy (non-hydrogen) atoms. The molecule has 3 nitrogen and oxygen atoms in total. The van der Waals surface area contributed by atoms with Crippen molar-refractivity contribution in [3.8, 4) is 0 Å². The maximum atomic E-state index is 10.7. The summed E-state index contributed by atoms with van der Waals surface area (Å²) >= 11 is 0. The predicted octanol–water partition coefficient (Wildman–Crippen LogP) is 2.87. The Balaban J connectivity index is 2.13. The maximum absolute atomic E-state index is 10.7. The van der Waals surface area contributed by atoms with E-state index >= 15 is 0 Å². The van der Waals surface area contributed by atoms with Crippen LogP contribution in [0.1, 0.15) is 37.7 Å². The van der Waals surface area contributed by atoms with Crippen LogP contribution in [0.15, 0.2) is 24.3 Å². The average Bonchev–Trinajstić information content (AvgIpc) is 2.66. The van der Waals surface area contributed by atoms with Crippen molar-refractivity contribution in [2.75, 3.05) is 18.0 Å². The number of anilines is 1. The zero-order chi connectivity index (χ0) is 12.3. The first kappa shape index (κ1) is 12.0. The van der Waals surface area contributed by atoms with Gasteiger partial charge in [0, 0.05) is 31.1 Å². The Morgan fingerprint density at radius 3 is 2.94 bits per heavy atom. The van der Waals surface area contributed by atoms with Crippen molar-refractivity contribution in [3.63, 3.8) is 0 Å². The van der Waals surface area contributed by atoms with Gasteiger partial charge in [-0.2, -0.15) is 0 Å². The number of hydrogen-bond donors (Lipinski definition) is 1. The van der Waals surface area contributed by atoms with Gasteiger partial charge in [0.05, 0.1) is 0 Å². The third-order valence-electron chi connectivity index (χ3n) is 3.36. The number of aliphatic carboxylic acids is 1. The Labute approximate surface area is 102 Å². The standard InChI is InChI=1S/C14H19NO2/c1-2-9-15-10-11(7-8-14(16)17)12-5-3-4-6-13(12)15/h3-6,11H,2,7-10H2,1H3,(H,16,17). The first-order valence-corrected chi connectivity index (χ1v) is 6.28. The third-order valence-corrected chi connectivity index (χ3v) is 3.36. The van der Waals surface area contributed by atoms with Gasteiger partial charge in [0.25, 0.3) is 0 Å². The largest absolute Gasteiger partial charge is 0.481 e. The first-order valence-electron chi connectivity index (χ1n) is 6.28. The molecule has 1 aromatic rings. The zero-order valence-electron chi connectivity index (χ0n) is 10.2. The van der Waals surface area contributed by atoms with Crippen molar-refractivity contribution in [1.82, 2.24) is 0 Å². The number of para-hydroxylation sites is 1. The fraction of sp³-hybridized carbons (Fsp3) is 0.500. The molecule has 1 aromatic carbocycles. The summed E-state index contributed by atoms with van der Waals surface area (Å²) in [5, 5.41) is 8.78. The van der Waals surface area contributed by atoms with Crippen LogP contribution in [0.4, 0.5) is 5.69 Å². The van der Waals surface area contributed by atoms with E-state index in [4.69, 9.17) is 5.11 Å². The van der Waals surface area contributed by atoms with Crippen LogP contribution in [-0.4, -0.2) is 24.2 Å². The molecule has 1 heterocycles. The molecule has 0 fully saturated rings. The minimum Gasteiger partial charge on any atom is -0.481 e. The number of benzene rings is 1. The first-order chi connectivity index (χ1) is 8.22. The molecule has 0 amide bonds. The Morgan fingerprint density at radius 2 is 2.24 bits per heavy atom. The molecule has 1 unspecified atom stereocenters. The van der Waals surface area contributed by atoms with E-state index in [0.717, 1.165) is 25.9 Å². The van der Waals surface area contributed by atoms with Crippen molar-refractivity contribution >= 4 is 11.7 Å². The lowest BCUT2D eigenvalue weighted by Crippen LogP contribution is -2.22. The smallest absolute Gasteiger partial charge is 0.303 e. The monoisotopic (exact) mass is 233 g/mol. The highest BCUT2D eigenvalue weighted by molar-refractivity contribution is 5.67. The van der Waals surface area contributed by atoms with Gasteiger partial charge < -0.3 is 10.0 Å². The lowest BCUT2D eigenvalue weighted by atomic mass is 9.96. The van der Waals surface area contributed by atoms with E-state index in [1.807, 2.05) is 6.07 Å². The summed E-state index contributed by atoms with van der Waals surface area (Å²) in [4.78, 5) is 13.0. The Morgan fingerprint density at radius 1 is 1.47 bits per heavy atom. The van der Waals surface area contributed by atoms with E-state index in [-0.39, 0.29) is 6.42 Å². The van der Waals surface area contributed by atoms with Gasteiger partial charge in [-0.05, 0) is 24.5 Å². The lowest BCUT2D eigenvalue weighted by molar-refractivity contribution is -0.137. The van der Waals surface area contributed by atoms with E-state index in [9.17, 15) is 4.79 Å². The molecule has 0 saturated heterocycles. The molecule has 1 atom stereocenters. The van der Waals surface area contributed by atoms with Crippen LogP contribution < -0.4 is 4.90 Å².